The van der Waals surface area contributed by atoms with Gasteiger partial charge in [-0.3, -0.25) is 9.59 Å². The number of benzene rings is 3. The van der Waals surface area contributed by atoms with Crippen LogP contribution >= 0.6 is 11.6 Å². The zero-order valence-electron chi connectivity index (χ0n) is 22.7. The molecule has 1 aliphatic heterocycles. The van der Waals surface area contributed by atoms with Crippen LogP contribution in [0.4, 0.5) is 0 Å². The highest BCUT2D eigenvalue weighted by molar-refractivity contribution is 6.31. The predicted molar refractivity (Wildman–Crippen MR) is 158 cm³/mol. The molecular weight excluding hydrogens is 522 g/mol. The maximum absolute atomic E-state index is 14.7. The Morgan fingerprint density at radius 3 is 2.42 bits per heavy atom. The third kappa shape index (κ3) is 4.64. The number of nitrogens with zero attached hydrogens (tertiary/aromatic N) is 2. The van der Waals surface area contributed by atoms with E-state index < -0.39 is 5.54 Å². The van der Waals surface area contributed by atoms with Gasteiger partial charge >= 0.3 is 0 Å². The second kappa shape index (κ2) is 11.0. The first kappa shape index (κ1) is 26.5. The number of methoxy groups -OCH3 is 1. The average Bonchev–Trinajstić information content (AvgIpc) is 3.14. The number of hydrogen-bond acceptors (Lipinski definition) is 3. The molecule has 40 heavy (non-hydrogen) atoms. The van der Waals surface area contributed by atoms with Gasteiger partial charge in [-0.1, -0.05) is 85.8 Å². The van der Waals surface area contributed by atoms with Gasteiger partial charge < -0.3 is 19.5 Å². The second-order valence-electron chi connectivity index (χ2n) is 10.9. The van der Waals surface area contributed by atoms with Gasteiger partial charge in [0.2, 0.25) is 0 Å². The summed E-state index contributed by atoms with van der Waals surface area (Å²) in [6, 6.07) is 25.0. The van der Waals surface area contributed by atoms with Gasteiger partial charge in [0.1, 0.15) is 11.4 Å². The first-order valence-corrected chi connectivity index (χ1v) is 14.5. The topological polar surface area (TPSA) is 63.6 Å². The minimum absolute atomic E-state index is 0.0794. The van der Waals surface area contributed by atoms with E-state index in [2.05, 4.69) is 5.32 Å². The monoisotopic (exact) mass is 555 g/mol. The van der Waals surface area contributed by atoms with Crippen LogP contribution in [0, 0.1) is 0 Å². The van der Waals surface area contributed by atoms with Crippen LogP contribution in [0.1, 0.15) is 60.1 Å². The number of amides is 2. The molecule has 1 atom stereocenters. The van der Waals surface area contributed by atoms with Crippen molar-refractivity contribution in [2.75, 3.05) is 7.11 Å². The second-order valence-corrected chi connectivity index (χ2v) is 11.3. The Hall–Kier alpha value is -3.77. The fourth-order valence-corrected chi connectivity index (χ4v) is 6.55. The largest absolute Gasteiger partial charge is 0.497 e. The summed E-state index contributed by atoms with van der Waals surface area (Å²) in [6.45, 7) is 0.480. The van der Waals surface area contributed by atoms with Crippen LogP contribution in [0.3, 0.4) is 0 Å². The zero-order valence-corrected chi connectivity index (χ0v) is 23.5. The van der Waals surface area contributed by atoms with Gasteiger partial charge in [0.15, 0.2) is 5.54 Å². The summed E-state index contributed by atoms with van der Waals surface area (Å²) < 4.78 is 7.51. The highest BCUT2D eigenvalue weighted by Crippen LogP contribution is 2.41. The third-order valence-electron chi connectivity index (χ3n) is 8.53. The molecule has 2 aliphatic rings. The highest BCUT2D eigenvalue weighted by atomic mass is 35.5. The Labute approximate surface area is 239 Å². The molecule has 1 fully saturated rings. The average molecular weight is 556 g/mol. The van der Waals surface area contributed by atoms with Gasteiger partial charge in [0.05, 0.1) is 19.2 Å². The van der Waals surface area contributed by atoms with E-state index >= 15 is 0 Å². The lowest BCUT2D eigenvalue weighted by Crippen LogP contribution is -2.64. The Morgan fingerprint density at radius 1 is 0.975 bits per heavy atom. The summed E-state index contributed by atoms with van der Waals surface area (Å²) in [5.74, 6) is 0.343. The number of carbonyl (C=O) groups excluding carboxylic acids is 2. The highest BCUT2D eigenvalue weighted by Gasteiger charge is 2.53. The van der Waals surface area contributed by atoms with Gasteiger partial charge in [-0.05, 0) is 48.2 Å². The standard InChI is InChI=1S/C33H34ClN3O3/c1-40-27-18-17-23-19-30-31(38)37(21-24-11-9-10-16-28(24)34)33(22-36(30)29(23)20-27,25-12-5-4-6-13-25)32(39)35-26-14-7-2-3-8-15-26/h4-6,9-13,16-20,26H,2-3,7-8,14-15,21-22H2,1H3,(H,35,39)/t33-/m0/s1. The first-order chi connectivity index (χ1) is 19.5. The molecule has 7 heteroatoms. The van der Waals surface area contributed by atoms with Crippen molar-refractivity contribution in [1.82, 2.24) is 14.8 Å². The van der Waals surface area contributed by atoms with E-state index in [0.717, 1.165) is 47.7 Å². The molecule has 3 aromatic carbocycles. The van der Waals surface area contributed by atoms with E-state index in [9.17, 15) is 9.59 Å². The summed E-state index contributed by atoms with van der Waals surface area (Å²) in [5, 5.41) is 4.90. The van der Waals surface area contributed by atoms with Crippen molar-refractivity contribution < 1.29 is 14.3 Å². The molecule has 0 unspecified atom stereocenters. The fourth-order valence-electron chi connectivity index (χ4n) is 6.35. The molecule has 2 amide bonds. The molecule has 1 aromatic heterocycles. The molecule has 1 saturated carbocycles. The predicted octanol–water partition coefficient (Wildman–Crippen LogP) is 6.69. The summed E-state index contributed by atoms with van der Waals surface area (Å²) in [7, 11) is 1.63. The number of halogens is 1. The summed E-state index contributed by atoms with van der Waals surface area (Å²) in [5.41, 5.74) is 1.70. The van der Waals surface area contributed by atoms with E-state index in [1.54, 1.807) is 12.0 Å². The van der Waals surface area contributed by atoms with Crippen molar-refractivity contribution in [2.24, 2.45) is 0 Å². The molecule has 0 radical (unpaired) electrons. The Morgan fingerprint density at radius 2 is 1.70 bits per heavy atom. The van der Waals surface area contributed by atoms with Crippen LogP contribution in [-0.2, 0) is 23.4 Å². The fraction of sp³-hybridized carbons (Fsp3) is 0.333. The van der Waals surface area contributed by atoms with Gasteiger partial charge in [0.25, 0.3) is 11.8 Å². The van der Waals surface area contributed by atoms with Crippen LogP contribution in [-0.4, -0.2) is 34.4 Å². The normalized spacial score (nSPS) is 19.8. The Bertz CT molecular complexity index is 1540. The minimum atomic E-state index is -1.29. The quantitative estimate of drug-likeness (QED) is 0.269. The van der Waals surface area contributed by atoms with Crippen molar-refractivity contribution in [3.05, 3.63) is 101 Å². The lowest BCUT2D eigenvalue weighted by Gasteiger charge is -2.47. The van der Waals surface area contributed by atoms with Gasteiger partial charge in [0, 0.05) is 29.1 Å². The third-order valence-corrected chi connectivity index (χ3v) is 8.90. The summed E-state index contributed by atoms with van der Waals surface area (Å²) in [4.78, 5) is 31.0. The van der Waals surface area contributed by atoms with E-state index in [1.807, 2.05) is 83.4 Å². The van der Waals surface area contributed by atoms with Gasteiger partial charge in [-0.2, -0.15) is 0 Å². The molecular formula is C33H34ClN3O3. The Balaban J connectivity index is 1.55. The molecule has 6 rings (SSSR count). The zero-order chi connectivity index (χ0) is 27.7. The number of fused-ring (bicyclic) bond motifs is 3. The van der Waals surface area contributed by atoms with Crippen molar-refractivity contribution >= 4 is 34.3 Å². The van der Waals surface area contributed by atoms with E-state index in [0.29, 0.717) is 16.5 Å². The molecule has 0 bridgehead atoms. The maximum atomic E-state index is 14.7. The van der Waals surface area contributed by atoms with Gasteiger partial charge in [-0.25, -0.2) is 0 Å². The smallest absolute Gasteiger partial charge is 0.272 e. The lowest BCUT2D eigenvalue weighted by atomic mass is 9.83. The molecule has 4 aromatic rings. The lowest BCUT2D eigenvalue weighted by molar-refractivity contribution is -0.136. The van der Waals surface area contributed by atoms with Crippen molar-refractivity contribution in [3.63, 3.8) is 0 Å². The summed E-state index contributed by atoms with van der Waals surface area (Å²) in [6.07, 6.45) is 6.46. The van der Waals surface area contributed by atoms with Crippen LogP contribution in [0.5, 0.6) is 5.75 Å². The number of carbonyl (C=O) groups is 2. The molecule has 1 aliphatic carbocycles. The number of hydrogen-bond donors (Lipinski definition) is 1. The molecule has 0 saturated heterocycles. The van der Waals surface area contributed by atoms with Crippen LogP contribution in [0.15, 0.2) is 78.9 Å². The Kier molecular flexibility index (Phi) is 7.28. The van der Waals surface area contributed by atoms with Crippen molar-refractivity contribution in [2.45, 2.75) is 63.2 Å². The van der Waals surface area contributed by atoms with Crippen LogP contribution in [0.2, 0.25) is 5.02 Å². The van der Waals surface area contributed by atoms with E-state index in [-0.39, 0.29) is 30.9 Å². The number of rotatable bonds is 6. The molecule has 0 spiro atoms. The SMILES string of the molecule is COc1ccc2cc3n(c2c1)C[C@@](C(=O)NC1CCCCCC1)(c1ccccc1)N(Cc1ccccc1Cl)C3=O. The maximum Gasteiger partial charge on any atom is 0.272 e. The van der Waals surface area contributed by atoms with Crippen LogP contribution in [0.25, 0.3) is 10.9 Å². The summed E-state index contributed by atoms with van der Waals surface area (Å²) >= 11 is 6.62. The van der Waals surface area contributed by atoms with Crippen LogP contribution < -0.4 is 10.1 Å². The number of aromatic nitrogens is 1. The molecule has 206 valence electrons. The van der Waals surface area contributed by atoms with E-state index in [4.69, 9.17) is 16.3 Å². The van der Waals surface area contributed by atoms with Crippen molar-refractivity contribution in [3.8, 4) is 5.75 Å². The van der Waals surface area contributed by atoms with E-state index in [1.165, 1.54) is 12.8 Å². The first-order valence-electron chi connectivity index (χ1n) is 14.1. The number of nitrogens with one attached hydrogen (secondary N) is 1. The molecule has 6 nitrogen and oxygen atoms in total. The molecule has 1 N–H and O–H groups in total. The molecule has 2 heterocycles. The van der Waals surface area contributed by atoms with Gasteiger partial charge in [-0.15, -0.1) is 0 Å². The van der Waals surface area contributed by atoms with Crippen molar-refractivity contribution in [1.29, 1.82) is 0 Å². The minimum Gasteiger partial charge on any atom is -0.497 e. The number of ether oxygens (including phenoxy) is 1.